The second-order valence-corrected chi connectivity index (χ2v) is 7.90. The average Bonchev–Trinajstić information content (AvgIpc) is 2.80. The number of aryl methyl sites for hydroxylation is 1. The van der Waals surface area contributed by atoms with E-state index >= 15 is 0 Å². The van der Waals surface area contributed by atoms with E-state index in [-0.39, 0.29) is 24.8 Å². The highest BCUT2D eigenvalue weighted by atomic mass is 19.4. The smallest absolute Gasteiger partial charge is 0.416 e. The molecule has 6 nitrogen and oxygen atoms in total. The summed E-state index contributed by atoms with van der Waals surface area (Å²) in [7, 11) is 1.76. The molecular weight excluding hydrogens is 447 g/mol. The molecule has 0 atom stereocenters. The lowest BCUT2D eigenvalue weighted by Crippen LogP contribution is -2.27. The van der Waals surface area contributed by atoms with Gasteiger partial charge in [-0.2, -0.15) is 13.2 Å². The summed E-state index contributed by atoms with van der Waals surface area (Å²) in [5.41, 5.74) is 1.24. The fraction of sp³-hybridized carbons (Fsp3) is 0.320. The molecule has 34 heavy (non-hydrogen) atoms. The Morgan fingerprint density at radius 3 is 2.47 bits per heavy atom. The van der Waals surface area contributed by atoms with Gasteiger partial charge in [-0.3, -0.25) is 9.59 Å². The Morgan fingerprint density at radius 2 is 1.79 bits per heavy atom. The van der Waals surface area contributed by atoms with Gasteiger partial charge in [-0.15, -0.1) is 0 Å². The maximum absolute atomic E-state index is 12.6. The molecule has 0 bridgehead atoms. The molecule has 180 valence electrons. The fourth-order valence-electron chi connectivity index (χ4n) is 3.28. The SMILES string of the molecule is CCCOC(=O)CN(C)c1ccc2cc(NC(=O)CCc3ccc(C(F)(F)F)cc3)ccc2n1. The quantitative estimate of drug-likeness (QED) is 0.432. The number of esters is 1. The van der Waals surface area contributed by atoms with Crippen molar-refractivity contribution in [3.05, 3.63) is 65.7 Å². The van der Waals surface area contributed by atoms with E-state index in [0.717, 1.165) is 23.9 Å². The third-order valence-electron chi connectivity index (χ3n) is 5.10. The number of hydrogen-bond donors (Lipinski definition) is 1. The minimum absolute atomic E-state index is 0.0889. The van der Waals surface area contributed by atoms with Gasteiger partial charge in [0.2, 0.25) is 5.91 Å². The van der Waals surface area contributed by atoms with Crippen LogP contribution >= 0.6 is 0 Å². The number of pyridine rings is 1. The van der Waals surface area contributed by atoms with Crippen LogP contribution in [-0.2, 0) is 26.9 Å². The minimum Gasteiger partial charge on any atom is -0.464 e. The summed E-state index contributed by atoms with van der Waals surface area (Å²) < 4.78 is 43.0. The number of amides is 1. The molecule has 0 saturated heterocycles. The lowest BCUT2D eigenvalue weighted by atomic mass is 10.1. The van der Waals surface area contributed by atoms with E-state index in [0.29, 0.717) is 35.6 Å². The summed E-state index contributed by atoms with van der Waals surface area (Å²) in [4.78, 5) is 30.4. The molecule has 0 aliphatic heterocycles. The molecule has 9 heteroatoms. The van der Waals surface area contributed by atoms with Gasteiger partial charge in [0.15, 0.2) is 0 Å². The van der Waals surface area contributed by atoms with Gasteiger partial charge in [-0.25, -0.2) is 4.98 Å². The average molecular weight is 473 g/mol. The van der Waals surface area contributed by atoms with Crippen molar-refractivity contribution in [1.29, 1.82) is 0 Å². The van der Waals surface area contributed by atoms with Gasteiger partial charge >= 0.3 is 12.1 Å². The molecule has 2 aromatic carbocycles. The second-order valence-electron chi connectivity index (χ2n) is 7.90. The van der Waals surface area contributed by atoms with Crippen LogP contribution in [0.15, 0.2) is 54.6 Å². The van der Waals surface area contributed by atoms with E-state index in [1.54, 1.807) is 36.2 Å². The molecular formula is C25H26F3N3O3. The number of nitrogens with zero attached hydrogens (tertiary/aromatic N) is 2. The number of carbonyl (C=O) groups excluding carboxylic acids is 2. The lowest BCUT2D eigenvalue weighted by Gasteiger charge is -2.17. The number of benzene rings is 2. The second kappa shape index (κ2) is 11.0. The number of halogens is 3. The number of nitrogens with one attached hydrogen (secondary N) is 1. The molecule has 3 rings (SSSR count). The number of fused-ring (bicyclic) bond motifs is 1. The molecule has 0 radical (unpaired) electrons. The maximum atomic E-state index is 12.6. The highest BCUT2D eigenvalue weighted by Crippen LogP contribution is 2.29. The molecule has 1 heterocycles. The molecule has 0 aliphatic rings. The minimum atomic E-state index is -4.38. The number of likely N-dealkylation sites (N-methyl/N-ethyl adjacent to an activating group) is 1. The van der Waals surface area contributed by atoms with Gasteiger partial charge < -0.3 is 15.0 Å². The van der Waals surface area contributed by atoms with Crippen LogP contribution in [0.25, 0.3) is 10.9 Å². The van der Waals surface area contributed by atoms with E-state index in [9.17, 15) is 22.8 Å². The number of ether oxygens (including phenoxy) is 1. The Bertz CT molecular complexity index is 1150. The van der Waals surface area contributed by atoms with Crippen molar-refractivity contribution >= 4 is 34.3 Å². The topological polar surface area (TPSA) is 71.5 Å². The van der Waals surface area contributed by atoms with Crippen LogP contribution in [0.4, 0.5) is 24.7 Å². The zero-order valence-electron chi connectivity index (χ0n) is 19.0. The number of carbonyl (C=O) groups is 2. The van der Waals surface area contributed by atoms with Gasteiger partial charge in [0.25, 0.3) is 0 Å². The molecule has 0 spiro atoms. The molecule has 0 fully saturated rings. The summed E-state index contributed by atoms with van der Waals surface area (Å²) in [5, 5.41) is 3.62. The first-order valence-corrected chi connectivity index (χ1v) is 10.9. The highest BCUT2D eigenvalue weighted by molar-refractivity contribution is 5.94. The Kier molecular flexibility index (Phi) is 8.09. The molecule has 3 aromatic rings. The van der Waals surface area contributed by atoms with Crippen LogP contribution in [0.3, 0.4) is 0 Å². The molecule has 0 saturated carbocycles. The molecule has 1 amide bonds. The zero-order chi connectivity index (χ0) is 24.7. The Balaban J connectivity index is 1.57. The third-order valence-corrected chi connectivity index (χ3v) is 5.10. The van der Waals surface area contributed by atoms with Crippen LogP contribution < -0.4 is 10.2 Å². The molecule has 0 unspecified atom stereocenters. The monoisotopic (exact) mass is 473 g/mol. The van der Waals surface area contributed by atoms with Crippen molar-refractivity contribution in [3.63, 3.8) is 0 Å². The lowest BCUT2D eigenvalue weighted by molar-refractivity contribution is -0.142. The van der Waals surface area contributed by atoms with E-state index in [1.807, 2.05) is 13.0 Å². The van der Waals surface area contributed by atoms with Crippen molar-refractivity contribution in [1.82, 2.24) is 4.98 Å². The van der Waals surface area contributed by atoms with E-state index in [2.05, 4.69) is 10.3 Å². The van der Waals surface area contributed by atoms with Crippen LogP contribution in [0, 0.1) is 0 Å². The Morgan fingerprint density at radius 1 is 1.06 bits per heavy atom. The van der Waals surface area contributed by atoms with Crippen LogP contribution in [0.5, 0.6) is 0 Å². The van der Waals surface area contributed by atoms with Crippen molar-refractivity contribution in [2.75, 3.05) is 30.4 Å². The molecule has 1 N–H and O–H groups in total. The number of hydrogen-bond acceptors (Lipinski definition) is 5. The standard InChI is InChI=1S/C25H26F3N3O3/c1-3-14-34-24(33)16-31(2)22-12-7-18-15-20(10-11-21(18)30-22)29-23(32)13-6-17-4-8-19(9-5-17)25(26,27)28/h4-5,7-12,15H,3,6,13-14,16H2,1-2H3,(H,29,32). The van der Waals surface area contributed by atoms with Crippen molar-refractivity contribution in [2.45, 2.75) is 32.4 Å². The van der Waals surface area contributed by atoms with E-state index in [1.165, 1.54) is 12.1 Å². The van der Waals surface area contributed by atoms with Crippen LogP contribution in [0.2, 0.25) is 0 Å². The first kappa shape index (κ1) is 25.0. The van der Waals surface area contributed by atoms with Gasteiger partial charge in [0.05, 0.1) is 17.7 Å². The summed E-state index contributed by atoms with van der Waals surface area (Å²) in [5.74, 6) is 0.0593. The third kappa shape index (κ3) is 6.94. The van der Waals surface area contributed by atoms with E-state index < -0.39 is 11.7 Å². The first-order chi connectivity index (χ1) is 16.2. The predicted octanol–water partition coefficient (Wildman–Crippen LogP) is 5.21. The summed E-state index contributed by atoms with van der Waals surface area (Å²) in [6.45, 7) is 2.40. The summed E-state index contributed by atoms with van der Waals surface area (Å²) in [6.07, 6.45) is -3.15. The fourth-order valence-corrected chi connectivity index (χ4v) is 3.28. The van der Waals surface area contributed by atoms with Gasteiger partial charge in [-0.05, 0) is 60.9 Å². The number of rotatable bonds is 9. The van der Waals surface area contributed by atoms with Crippen molar-refractivity contribution < 1.29 is 27.5 Å². The van der Waals surface area contributed by atoms with Crippen LogP contribution in [0.1, 0.15) is 30.9 Å². The molecule has 0 aliphatic carbocycles. The Labute approximate surface area is 195 Å². The number of anilines is 2. The van der Waals surface area contributed by atoms with Gasteiger partial charge in [0, 0.05) is 24.5 Å². The summed E-state index contributed by atoms with van der Waals surface area (Å²) in [6, 6.07) is 13.7. The van der Waals surface area contributed by atoms with Gasteiger partial charge in [-0.1, -0.05) is 19.1 Å². The van der Waals surface area contributed by atoms with Crippen molar-refractivity contribution in [2.24, 2.45) is 0 Å². The largest absolute Gasteiger partial charge is 0.464 e. The molecule has 1 aromatic heterocycles. The maximum Gasteiger partial charge on any atom is 0.416 e. The zero-order valence-corrected chi connectivity index (χ0v) is 19.0. The first-order valence-electron chi connectivity index (χ1n) is 10.9. The Hall–Kier alpha value is -3.62. The summed E-state index contributed by atoms with van der Waals surface area (Å²) >= 11 is 0. The number of aromatic nitrogens is 1. The number of alkyl halides is 3. The van der Waals surface area contributed by atoms with Crippen molar-refractivity contribution in [3.8, 4) is 0 Å². The predicted molar refractivity (Wildman–Crippen MR) is 125 cm³/mol. The van der Waals surface area contributed by atoms with E-state index in [4.69, 9.17) is 4.74 Å². The van der Waals surface area contributed by atoms with Crippen LogP contribution in [-0.4, -0.2) is 37.1 Å². The normalized spacial score (nSPS) is 11.3. The highest BCUT2D eigenvalue weighted by Gasteiger charge is 2.29. The van der Waals surface area contributed by atoms with Gasteiger partial charge in [0.1, 0.15) is 12.4 Å².